The van der Waals surface area contributed by atoms with E-state index < -0.39 is 0 Å². The van der Waals surface area contributed by atoms with Gasteiger partial charge in [0.1, 0.15) is 5.82 Å². The van der Waals surface area contributed by atoms with Gasteiger partial charge in [0.15, 0.2) is 0 Å². The molecule has 1 aromatic rings. The lowest BCUT2D eigenvalue weighted by atomic mass is 9.83. The minimum Gasteiger partial charge on any atom is -0.379 e. The SMILES string of the molecule is Cc1cc(C2CCCCC2)nc(C2(CN)COC2)n1. The highest BCUT2D eigenvalue weighted by molar-refractivity contribution is 5.21. The molecule has 2 heterocycles. The topological polar surface area (TPSA) is 61.0 Å². The number of aryl methyl sites for hydroxylation is 1. The van der Waals surface area contributed by atoms with Crippen LogP contribution in [-0.2, 0) is 10.2 Å². The summed E-state index contributed by atoms with van der Waals surface area (Å²) in [6.07, 6.45) is 6.56. The summed E-state index contributed by atoms with van der Waals surface area (Å²) in [5.74, 6) is 1.52. The predicted molar refractivity (Wildman–Crippen MR) is 74.1 cm³/mol. The first-order valence-corrected chi connectivity index (χ1v) is 7.37. The molecule has 3 rings (SSSR count). The first-order chi connectivity index (χ1) is 9.23. The molecule has 2 N–H and O–H groups in total. The van der Waals surface area contributed by atoms with Gasteiger partial charge >= 0.3 is 0 Å². The summed E-state index contributed by atoms with van der Waals surface area (Å²) in [5.41, 5.74) is 8.07. The molecule has 1 aromatic heterocycles. The van der Waals surface area contributed by atoms with Crippen LogP contribution in [0.1, 0.15) is 55.2 Å². The highest BCUT2D eigenvalue weighted by Crippen LogP contribution is 2.34. The molecular weight excluding hydrogens is 238 g/mol. The Labute approximate surface area is 114 Å². The Balaban J connectivity index is 1.91. The Morgan fingerprint density at radius 1 is 1.26 bits per heavy atom. The second-order valence-corrected chi connectivity index (χ2v) is 6.07. The zero-order valence-electron chi connectivity index (χ0n) is 11.7. The van der Waals surface area contributed by atoms with Crippen LogP contribution in [0, 0.1) is 6.92 Å². The molecule has 0 unspecified atom stereocenters. The normalized spacial score (nSPS) is 23.1. The number of ether oxygens (including phenoxy) is 1. The molecule has 1 saturated heterocycles. The third kappa shape index (κ3) is 2.39. The molecule has 0 bridgehead atoms. The van der Waals surface area contributed by atoms with Gasteiger partial charge in [-0.15, -0.1) is 0 Å². The van der Waals surface area contributed by atoms with Crippen molar-refractivity contribution in [2.75, 3.05) is 19.8 Å². The minimum absolute atomic E-state index is 0.130. The van der Waals surface area contributed by atoms with Crippen molar-refractivity contribution in [1.29, 1.82) is 0 Å². The molecule has 1 aliphatic carbocycles. The van der Waals surface area contributed by atoms with E-state index in [0.717, 1.165) is 11.5 Å². The molecule has 0 spiro atoms. The van der Waals surface area contributed by atoms with Crippen LogP contribution >= 0.6 is 0 Å². The molecule has 104 valence electrons. The summed E-state index contributed by atoms with van der Waals surface area (Å²) in [4.78, 5) is 9.47. The second-order valence-electron chi connectivity index (χ2n) is 6.07. The molecule has 1 saturated carbocycles. The average molecular weight is 261 g/mol. The first-order valence-electron chi connectivity index (χ1n) is 7.37. The van der Waals surface area contributed by atoms with Crippen molar-refractivity contribution in [1.82, 2.24) is 9.97 Å². The standard InChI is InChI=1S/C15H23N3O/c1-11-7-13(12-5-3-2-4-6-12)18-14(17-11)15(8-16)9-19-10-15/h7,12H,2-6,8-10,16H2,1H3. The summed E-state index contributed by atoms with van der Waals surface area (Å²) >= 11 is 0. The number of rotatable bonds is 3. The molecule has 0 radical (unpaired) electrons. The Morgan fingerprint density at radius 2 is 2.00 bits per heavy atom. The first kappa shape index (κ1) is 13.0. The lowest BCUT2D eigenvalue weighted by molar-refractivity contribution is -0.0595. The molecule has 0 amide bonds. The molecule has 0 aromatic carbocycles. The largest absolute Gasteiger partial charge is 0.379 e. The van der Waals surface area contributed by atoms with Crippen LogP contribution in [0.2, 0.25) is 0 Å². The molecular formula is C15H23N3O. The third-order valence-corrected chi connectivity index (χ3v) is 4.52. The Kier molecular flexibility index (Phi) is 3.54. The number of hydrogen-bond donors (Lipinski definition) is 1. The maximum absolute atomic E-state index is 5.92. The van der Waals surface area contributed by atoms with Crippen LogP contribution in [0.3, 0.4) is 0 Å². The van der Waals surface area contributed by atoms with Gasteiger partial charge in [-0.3, -0.25) is 0 Å². The average Bonchev–Trinajstić information content (AvgIpc) is 2.39. The van der Waals surface area contributed by atoms with Crippen LogP contribution in [-0.4, -0.2) is 29.7 Å². The van der Waals surface area contributed by atoms with E-state index in [1.165, 1.54) is 37.8 Å². The smallest absolute Gasteiger partial charge is 0.140 e. The zero-order chi connectivity index (χ0) is 13.3. The molecule has 4 heteroatoms. The van der Waals surface area contributed by atoms with E-state index >= 15 is 0 Å². The van der Waals surface area contributed by atoms with Crippen LogP contribution in [0.25, 0.3) is 0 Å². The fourth-order valence-electron chi connectivity index (χ4n) is 3.12. The summed E-state index contributed by atoms with van der Waals surface area (Å²) in [6.45, 7) is 3.95. The highest BCUT2D eigenvalue weighted by Gasteiger charge is 2.42. The van der Waals surface area contributed by atoms with Gasteiger partial charge in [-0.05, 0) is 25.8 Å². The van der Waals surface area contributed by atoms with Gasteiger partial charge in [-0.1, -0.05) is 19.3 Å². The van der Waals surface area contributed by atoms with Crippen LogP contribution in [0.4, 0.5) is 0 Å². The van der Waals surface area contributed by atoms with Gasteiger partial charge in [0.05, 0.1) is 18.6 Å². The monoisotopic (exact) mass is 261 g/mol. The fourth-order valence-corrected chi connectivity index (χ4v) is 3.12. The molecule has 0 atom stereocenters. The van der Waals surface area contributed by atoms with Crippen molar-refractivity contribution in [3.8, 4) is 0 Å². The van der Waals surface area contributed by atoms with Gasteiger partial charge < -0.3 is 10.5 Å². The number of nitrogens with two attached hydrogens (primary N) is 1. The summed E-state index contributed by atoms with van der Waals surface area (Å²) in [7, 11) is 0. The van der Waals surface area contributed by atoms with Crippen molar-refractivity contribution >= 4 is 0 Å². The summed E-state index contributed by atoms with van der Waals surface area (Å²) < 4.78 is 5.35. The van der Waals surface area contributed by atoms with Gasteiger partial charge in [-0.2, -0.15) is 0 Å². The van der Waals surface area contributed by atoms with E-state index in [1.807, 2.05) is 0 Å². The maximum atomic E-state index is 5.92. The van der Waals surface area contributed by atoms with Gasteiger partial charge in [0, 0.05) is 23.9 Å². The van der Waals surface area contributed by atoms with Crippen LogP contribution < -0.4 is 5.73 Å². The van der Waals surface area contributed by atoms with E-state index in [9.17, 15) is 0 Å². The van der Waals surface area contributed by atoms with Crippen molar-refractivity contribution in [3.63, 3.8) is 0 Å². The van der Waals surface area contributed by atoms with Gasteiger partial charge in [0.2, 0.25) is 0 Å². The van der Waals surface area contributed by atoms with Crippen LogP contribution in [0.5, 0.6) is 0 Å². The van der Waals surface area contributed by atoms with E-state index in [-0.39, 0.29) is 5.41 Å². The zero-order valence-corrected chi connectivity index (χ0v) is 11.7. The van der Waals surface area contributed by atoms with Crippen LogP contribution in [0.15, 0.2) is 6.07 Å². The number of nitrogens with zero attached hydrogens (tertiary/aromatic N) is 2. The molecule has 2 fully saturated rings. The molecule has 4 nitrogen and oxygen atoms in total. The van der Waals surface area contributed by atoms with Crippen molar-refractivity contribution in [2.45, 2.75) is 50.4 Å². The van der Waals surface area contributed by atoms with E-state index in [1.54, 1.807) is 0 Å². The Hall–Kier alpha value is -1.00. The third-order valence-electron chi connectivity index (χ3n) is 4.52. The highest BCUT2D eigenvalue weighted by atomic mass is 16.5. The lowest BCUT2D eigenvalue weighted by Crippen LogP contribution is -2.53. The quantitative estimate of drug-likeness (QED) is 0.904. The lowest BCUT2D eigenvalue weighted by Gasteiger charge is -2.39. The maximum Gasteiger partial charge on any atom is 0.140 e. The predicted octanol–water partition coefficient (Wildman–Crippen LogP) is 2.06. The summed E-state index contributed by atoms with van der Waals surface area (Å²) in [5, 5.41) is 0. The molecule has 1 aliphatic heterocycles. The van der Waals surface area contributed by atoms with Crippen molar-refractivity contribution in [2.24, 2.45) is 5.73 Å². The second kappa shape index (κ2) is 5.17. The molecule has 19 heavy (non-hydrogen) atoms. The van der Waals surface area contributed by atoms with Crippen molar-refractivity contribution in [3.05, 3.63) is 23.3 Å². The number of aromatic nitrogens is 2. The number of hydrogen-bond acceptors (Lipinski definition) is 4. The van der Waals surface area contributed by atoms with Crippen molar-refractivity contribution < 1.29 is 4.74 Å². The van der Waals surface area contributed by atoms with E-state index in [0.29, 0.717) is 25.7 Å². The molecule has 2 aliphatic rings. The summed E-state index contributed by atoms with van der Waals surface area (Å²) in [6, 6.07) is 2.16. The Bertz CT molecular complexity index is 445. The Morgan fingerprint density at radius 3 is 2.58 bits per heavy atom. The van der Waals surface area contributed by atoms with Gasteiger partial charge in [0.25, 0.3) is 0 Å². The van der Waals surface area contributed by atoms with Gasteiger partial charge in [-0.25, -0.2) is 9.97 Å². The minimum atomic E-state index is -0.130. The fraction of sp³-hybridized carbons (Fsp3) is 0.733. The van der Waals surface area contributed by atoms with E-state index in [2.05, 4.69) is 18.0 Å². The van der Waals surface area contributed by atoms with E-state index in [4.69, 9.17) is 15.5 Å².